The monoisotopic (exact) mass is 319 g/mol. The summed E-state index contributed by atoms with van der Waals surface area (Å²) in [4.78, 5) is 2.25. The lowest BCUT2D eigenvalue weighted by atomic mass is 9.81. The van der Waals surface area contributed by atoms with Gasteiger partial charge in [-0.05, 0) is 29.7 Å². The molecule has 116 valence electrons. The Morgan fingerprint density at radius 1 is 1.14 bits per heavy atom. The van der Waals surface area contributed by atoms with E-state index in [1.165, 1.54) is 12.1 Å². The number of alkyl halides is 3. The Morgan fingerprint density at radius 2 is 1.81 bits per heavy atom. The molecule has 0 amide bonds. The van der Waals surface area contributed by atoms with E-state index < -0.39 is 17.8 Å². The molecule has 0 saturated carbocycles. The zero-order chi connectivity index (χ0) is 14.3. The van der Waals surface area contributed by atoms with Crippen LogP contribution in [0.5, 0.6) is 0 Å². The summed E-state index contributed by atoms with van der Waals surface area (Å²) in [5, 5.41) is 10.1. The fourth-order valence-corrected chi connectivity index (χ4v) is 3.04. The topological polar surface area (TPSA) is 23.5 Å². The van der Waals surface area contributed by atoms with Gasteiger partial charge in [-0.1, -0.05) is 18.2 Å². The smallest absolute Gasteiger partial charge is 0.392 e. The minimum absolute atomic E-state index is 0. The van der Waals surface area contributed by atoms with Crippen LogP contribution in [0.15, 0.2) is 30.3 Å². The predicted octanol–water partition coefficient (Wildman–Crippen LogP) is 3.21. The van der Waals surface area contributed by atoms with Gasteiger partial charge < -0.3 is 5.11 Å². The summed E-state index contributed by atoms with van der Waals surface area (Å²) in [7, 11) is 0. The summed E-state index contributed by atoms with van der Waals surface area (Å²) in [5.41, 5.74) is 1.12. The summed E-state index contributed by atoms with van der Waals surface area (Å²) in [6.45, 7) is 2.47. The average molecular weight is 320 g/mol. The van der Waals surface area contributed by atoms with Crippen molar-refractivity contribution in [1.29, 1.82) is 0 Å². The van der Waals surface area contributed by atoms with Crippen LogP contribution in [0.4, 0.5) is 13.2 Å². The number of fused-ring (bicyclic) bond motifs is 2. The molecule has 0 aromatic heterocycles. The normalized spacial score (nSPS) is 28.6. The fourth-order valence-electron chi connectivity index (χ4n) is 3.04. The molecule has 3 atom stereocenters. The van der Waals surface area contributed by atoms with Gasteiger partial charge in [0.2, 0.25) is 0 Å². The second-order valence-electron chi connectivity index (χ2n) is 5.46. The maximum absolute atomic E-state index is 12.6. The molecule has 6 heteroatoms. The highest BCUT2D eigenvalue weighted by molar-refractivity contribution is 5.85. The van der Waals surface area contributed by atoms with Crippen molar-refractivity contribution in [2.45, 2.75) is 18.7 Å². The Kier molecular flexibility index (Phi) is 4.66. The summed E-state index contributed by atoms with van der Waals surface area (Å²) in [6, 6.07) is 5.23. The Labute approximate surface area is 127 Å². The molecule has 3 unspecified atom stereocenters. The lowest BCUT2D eigenvalue weighted by Crippen LogP contribution is -2.46. The van der Waals surface area contributed by atoms with Crippen LogP contribution in [-0.4, -0.2) is 35.7 Å². The van der Waals surface area contributed by atoms with Crippen LogP contribution in [0.1, 0.15) is 17.5 Å². The highest BCUT2D eigenvalue weighted by Gasteiger charge is 2.34. The molecule has 3 rings (SSSR count). The first kappa shape index (κ1) is 16.3. The molecule has 0 aliphatic carbocycles. The van der Waals surface area contributed by atoms with Crippen LogP contribution in [0, 0.1) is 5.92 Å². The zero-order valence-electron chi connectivity index (χ0n) is 11.3. The van der Waals surface area contributed by atoms with Crippen molar-refractivity contribution < 1.29 is 18.3 Å². The third-order valence-corrected chi connectivity index (χ3v) is 4.17. The summed E-state index contributed by atoms with van der Waals surface area (Å²) < 4.78 is 37.7. The van der Waals surface area contributed by atoms with Gasteiger partial charge in [-0.25, -0.2) is 0 Å². The third kappa shape index (κ3) is 3.25. The van der Waals surface area contributed by atoms with E-state index in [0.717, 1.165) is 49.3 Å². The minimum atomic E-state index is -4.30. The number of nitrogens with zero attached hydrogens (tertiary/aromatic N) is 1. The van der Waals surface area contributed by atoms with Crippen molar-refractivity contribution in [3.8, 4) is 0 Å². The van der Waals surface area contributed by atoms with Crippen molar-refractivity contribution >= 4 is 18.0 Å². The van der Waals surface area contributed by atoms with Gasteiger partial charge >= 0.3 is 6.18 Å². The largest absolute Gasteiger partial charge is 0.416 e. The second kappa shape index (κ2) is 5.99. The van der Waals surface area contributed by atoms with Crippen molar-refractivity contribution in [2.24, 2.45) is 5.92 Å². The maximum atomic E-state index is 12.6. The molecule has 0 radical (unpaired) electrons. The Hall–Kier alpha value is -1.04. The van der Waals surface area contributed by atoms with Crippen LogP contribution >= 0.6 is 12.4 Å². The molecule has 1 N–H and O–H groups in total. The van der Waals surface area contributed by atoms with E-state index in [-0.39, 0.29) is 18.3 Å². The lowest BCUT2D eigenvalue weighted by Gasteiger charge is -2.40. The van der Waals surface area contributed by atoms with Crippen LogP contribution in [0.25, 0.3) is 5.57 Å². The molecule has 1 saturated heterocycles. The van der Waals surface area contributed by atoms with Gasteiger partial charge in [0.1, 0.15) is 0 Å². The number of hydrogen-bond donors (Lipinski definition) is 1. The van der Waals surface area contributed by atoms with E-state index in [1.54, 1.807) is 0 Å². The minimum Gasteiger partial charge on any atom is -0.392 e. The molecule has 21 heavy (non-hydrogen) atoms. The van der Waals surface area contributed by atoms with Crippen LogP contribution in [0.2, 0.25) is 0 Å². The van der Waals surface area contributed by atoms with Crippen molar-refractivity contribution in [3.63, 3.8) is 0 Å². The first-order chi connectivity index (χ1) is 9.45. The first-order valence-electron chi connectivity index (χ1n) is 6.73. The molecule has 2 bridgehead atoms. The molecular weight excluding hydrogens is 303 g/mol. The summed E-state index contributed by atoms with van der Waals surface area (Å²) in [6.07, 6.45) is -1.96. The molecule has 2 aliphatic heterocycles. The number of benzene rings is 1. The molecule has 2 heterocycles. The Morgan fingerprint density at radius 3 is 2.43 bits per heavy atom. The summed E-state index contributed by atoms with van der Waals surface area (Å²) >= 11 is 0. The molecule has 0 spiro atoms. The quantitative estimate of drug-likeness (QED) is 0.859. The van der Waals surface area contributed by atoms with Gasteiger partial charge in [0, 0.05) is 25.6 Å². The van der Waals surface area contributed by atoms with Crippen molar-refractivity contribution in [2.75, 3.05) is 19.6 Å². The summed E-state index contributed by atoms with van der Waals surface area (Å²) in [5.74, 6) is 0.00855. The van der Waals surface area contributed by atoms with E-state index in [0.29, 0.717) is 0 Å². The van der Waals surface area contributed by atoms with Gasteiger partial charge in [-0.3, -0.25) is 4.90 Å². The van der Waals surface area contributed by atoms with Crippen LogP contribution in [-0.2, 0) is 6.18 Å². The number of rotatable bonds is 1. The maximum Gasteiger partial charge on any atom is 0.416 e. The molecule has 1 aromatic carbocycles. The first-order valence-corrected chi connectivity index (χ1v) is 6.73. The van der Waals surface area contributed by atoms with Crippen molar-refractivity contribution in [3.05, 3.63) is 41.5 Å². The number of halogens is 4. The third-order valence-electron chi connectivity index (χ3n) is 4.17. The number of aliphatic hydroxyl groups is 1. The highest BCUT2D eigenvalue weighted by atomic mass is 35.5. The van der Waals surface area contributed by atoms with Crippen LogP contribution in [0.3, 0.4) is 0 Å². The predicted molar refractivity (Wildman–Crippen MR) is 77.2 cm³/mol. The Balaban J connectivity index is 0.00000161. The Bertz CT molecular complexity index is 527. The van der Waals surface area contributed by atoms with Gasteiger partial charge in [0.15, 0.2) is 0 Å². The van der Waals surface area contributed by atoms with Gasteiger partial charge in [-0.15, -0.1) is 12.4 Å². The fraction of sp³-hybridized carbons (Fsp3) is 0.467. The van der Waals surface area contributed by atoms with Gasteiger partial charge in [0.05, 0.1) is 11.7 Å². The standard InChI is InChI=1S/C15H16F3NO.ClH/c16-15(17,18)11-3-1-10(2-4-11)12-5-7-19-8-6-14(20)13(12)9-19;/h1-5,13-14,20H,6-9H2;1H. The molecule has 2 aliphatic rings. The number of aliphatic hydroxyl groups excluding tert-OH is 1. The van der Waals surface area contributed by atoms with Crippen LogP contribution < -0.4 is 0 Å². The molecule has 1 fully saturated rings. The highest BCUT2D eigenvalue weighted by Crippen LogP contribution is 2.36. The second-order valence-corrected chi connectivity index (χ2v) is 5.46. The van der Waals surface area contributed by atoms with E-state index in [9.17, 15) is 18.3 Å². The van der Waals surface area contributed by atoms with Gasteiger partial charge in [0.25, 0.3) is 0 Å². The molecular formula is C15H17ClF3NO. The lowest BCUT2D eigenvalue weighted by molar-refractivity contribution is -0.137. The molecule has 2 nitrogen and oxygen atoms in total. The van der Waals surface area contributed by atoms with E-state index in [2.05, 4.69) is 4.90 Å². The van der Waals surface area contributed by atoms with E-state index in [4.69, 9.17) is 0 Å². The molecule has 1 aromatic rings. The van der Waals surface area contributed by atoms with Gasteiger partial charge in [-0.2, -0.15) is 13.2 Å². The zero-order valence-corrected chi connectivity index (χ0v) is 12.1. The SMILES string of the molecule is Cl.OC1CCN2CC=C(c3ccc(C(F)(F)F)cc3)C1C2. The van der Waals surface area contributed by atoms with E-state index in [1.807, 2.05) is 6.08 Å². The van der Waals surface area contributed by atoms with Crippen molar-refractivity contribution in [1.82, 2.24) is 4.90 Å². The van der Waals surface area contributed by atoms with E-state index >= 15 is 0 Å². The number of piperidine rings is 1. The number of hydrogen-bond acceptors (Lipinski definition) is 2. The average Bonchev–Trinajstić information content (AvgIpc) is 2.43.